The highest BCUT2D eigenvalue weighted by Crippen LogP contribution is 2.41. The Morgan fingerprint density at radius 2 is 1.61 bits per heavy atom. The van der Waals surface area contributed by atoms with Gasteiger partial charge in [0, 0.05) is 30.3 Å². The van der Waals surface area contributed by atoms with Gasteiger partial charge in [-0.2, -0.15) is 5.26 Å². The van der Waals surface area contributed by atoms with E-state index >= 15 is 0 Å². The molecule has 0 saturated carbocycles. The zero-order chi connectivity index (χ0) is 23.4. The number of hydrogen-bond acceptors (Lipinski definition) is 5. The van der Waals surface area contributed by atoms with Gasteiger partial charge in [0.15, 0.2) is 0 Å². The lowest BCUT2D eigenvalue weighted by atomic mass is 9.98. The molecule has 33 heavy (non-hydrogen) atoms. The van der Waals surface area contributed by atoms with Gasteiger partial charge in [-0.3, -0.25) is 10.1 Å². The van der Waals surface area contributed by atoms with Gasteiger partial charge < -0.3 is 4.42 Å². The first-order valence-electron chi connectivity index (χ1n) is 10.5. The Kier molecular flexibility index (Phi) is 6.45. The van der Waals surface area contributed by atoms with Gasteiger partial charge in [0.1, 0.15) is 17.4 Å². The largest absolute Gasteiger partial charge is 0.438 e. The van der Waals surface area contributed by atoms with Gasteiger partial charge in [0.05, 0.1) is 6.26 Å². The van der Waals surface area contributed by atoms with Crippen molar-refractivity contribution >= 4 is 21.8 Å². The standard InChI is InChI=1S/C25H23N3O4S/c1-33(30,31)28-14-12-18(13-15-28)16-22(29)27-25-21(17-26)23(19-8-4-2-5-9-19)24(32-25)20-10-6-3-7-11-20/h2-11,16H,12-15H2,1H3,(H,27,29). The van der Waals surface area contributed by atoms with Crippen LogP contribution in [0.1, 0.15) is 18.4 Å². The molecule has 2 heterocycles. The minimum atomic E-state index is -3.24. The van der Waals surface area contributed by atoms with Crippen LogP contribution in [0.5, 0.6) is 0 Å². The molecule has 1 aliphatic heterocycles. The molecular formula is C25H23N3O4S. The second kappa shape index (κ2) is 9.45. The first kappa shape index (κ1) is 22.5. The molecule has 4 rings (SSSR count). The fourth-order valence-electron chi connectivity index (χ4n) is 3.88. The number of carbonyl (C=O) groups excluding carboxylic acids is 1. The molecule has 0 bridgehead atoms. The number of benzene rings is 2. The number of nitrogens with zero attached hydrogens (tertiary/aromatic N) is 2. The van der Waals surface area contributed by atoms with Gasteiger partial charge in [0.2, 0.25) is 15.9 Å². The number of nitriles is 1. The normalized spacial score (nSPS) is 14.5. The van der Waals surface area contributed by atoms with E-state index in [4.69, 9.17) is 4.42 Å². The second-order valence-corrected chi connectivity index (χ2v) is 9.79. The molecule has 0 unspecified atom stereocenters. The number of sulfonamides is 1. The molecular weight excluding hydrogens is 438 g/mol. The van der Waals surface area contributed by atoms with Gasteiger partial charge in [-0.15, -0.1) is 0 Å². The van der Waals surface area contributed by atoms with Crippen molar-refractivity contribution in [1.82, 2.24) is 4.31 Å². The summed E-state index contributed by atoms with van der Waals surface area (Å²) < 4.78 is 30.8. The molecule has 7 nitrogen and oxygen atoms in total. The highest BCUT2D eigenvalue weighted by molar-refractivity contribution is 7.88. The Hall–Kier alpha value is -3.67. The van der Waals surface area contributed by atoms with Gasteiger partial charge in [0.25, 0.3) is 5.91 Å². The highest BCUT2D eigenvalue weighted by atomic mass is 32.2. The Bertz CT molecular complexity index is 1330. The topological polar surface area (TPSA) is 103 Å². The lowest BCUT2D eigenvalue weighted by molar-refractivity contribution is -0.112. The van der Waals surface area contributed by atoms with Gasteiger partial charge in [-0.05, 0) is 18.4 Å². The Labute approximate surface area is 193 Å². The Balaban J connectivity index is 1.64. The van der Waals surface area contributed by atoms with E-state index in [9.17, 15) is 18.5 Å². The number of amides is 1. The maximum atomic E-state index is 12.7. The molecule has 0 aliphatic carbocycles. The second-order valence-electron chi connectivity index (χ2n) is 7.81. The van der Waals surface area contributed by atoms with Crippen molar-refractivity contribution in [3.63, 3.8) is 0 Å². The van der Waals surface area contributed by atoms with E-state index in [1.54, 1.807) is 0 Å². The monoisotopic (exact) mass is 461 g/mol. The molecule has 0 atom stereocenters. The molecule has 1 aliphatic rings. The fourth-order valence-corrected chi connectivity index (χ4v) is 4.73. The summed E-state index contributed by atoms with van der Waals surface area (Å²) in [6.07, 6.45) is 3.61. The molecule has 1 saturated heterocycles. The summed E-state index contributed by atoms with van der Waals surface area (Å²) in [5.74, 6) is 0.177. The number of anilines is 1. The van der Waals surface area contributed by atoms with Crippen LogP contribution in [0, 0.1) is 11.3 Å². The first-order chi connectivity index (χ1) is 15.9. The summed E-state index contributed by atoms with van der Waals surface area (Å²) in [5.41, 5.74) is 3.32. The van der Waals surface area contributed by atoms with E-state index in [1.165, 1.54) is 16.6 Å². The summed E-state index contributed by atoms with van der Waals surface area (Å²) >= 11 is 0. The summed E-state index contributed by atoms with van der Waals surface area (Å²) in [7, 11) is -3.24. The van der Waals surface area contributed by atoms with E-state index in [2.05, 4.69) is 11.4 Å². The van der Waals surface area contributed by atoms with Crippen LogP contribution < -0.4 is 5.32 Å². The molecule has 168 valence electrons. The van der Waals surface area contributed by atoms with E-state index < -0.39 is 15.9 Å². The van der Waals surface area contributed by atoms with E-state index in [0.717, 1.165) is 16.7 Å². The van der Waals surface area contributed by atoms with Crippen LogP contribution in [-0.2, 0) is 14.8 Å². The average Bonchev–Trinajstić information content (AvgIpc) is 3.18. The Morgan fingerprint density at radius 1 is 1.03 bits per heavy atom. The van der Waals surface area contributed by atoms with Crippen LogP contribution >= 0.6 is 0 Å². The molecule has 1 N–H and O–H groups in total. The predicted octanol–water partition coefficient (Wildman–Crippen LogP) is 4.41. The van der Waals surface area contributed by atoms with E-state index in [1.807, 2.05) is 60.7 Å². The lowest BCUT2D eigenvalue weighted by Gasteiger charge is -2.25. The van der Waals surface area contributed by atoms with Crippen LogP contribution in [0.3, 0.4) is 0 Å². The van der Waals surface area contributed by atoms with Crippen molar-refractivity contribution in [3.05, 3.63) is 77.9 Å². The van der Waals surface area contributed by atoms with E-state index in [0.29, 0.717) is 37.3 Å². The third-order valence-corrected chi connectivity index (χ3v) is 6.83. The third-order valence-electron chi connectivity index (χ3n) is 5.52. The summed E-state index contributed by atoms with van der Waals surface area (Å²) in [5, 5.41) is 12.6. The predicted molar refractivity (Wildman–Crippen MR) is 127 cm³/mol. The fraction of sp³-hybridized carbons (Fsp3) is 0.200. The zero-order valence-corrected chi connectivity index (χ0v) is 18.9. The van der Waals surface area contributed by atoms with Gasteiger partial charge >= 0.3 is 0 Å². The molecule has 1 amide bonds. The molecule has 3 aromatic rings. The SMILES string of the molecule is CS(=O)(=O)N1CCC(=CC(=O)Nc2oc(-c3ccccc3)c(-c3ccccc3)c2C#N)CC1. The van der Waals surface area contributed by atoms with Gasteiger partial charge in [-0.25, -0.2) is 12.7 Å². The van der Waals surface area contributed by atoms with Gasteiger partial charge in [-0.1, -0.05) is 66.2 Å². The smallest absolute Gasteiger partial charge is 0.250 e. The van der Waals surface area contributed by atoms with E-state index in [-0.39, 0.29) is 11.4 Å². The number of hydrogen-bond donors (Lipinski definition) is 1. The number of nitrogens with one attached hydrogen (secondary N) is 1. The summed E-state index contributed by atoms with van der Waals surface area (Å²) in [4.78, 5) is 12.7. The third kappa shape index (κ3) is 5.06. The number of piperidine rings is 1. The zero-order valence-electron chi connectivity index (χ0n) is 18.1. The number of carbonyl (C=O) groups is 1. The van der Waals surface area contributed by atoms with Crippen LogP contribution in [0.2, 0.25) is 0 Å². The highest BCUT2D eigenvalue weighted by Gasteiger charge is 2.25. The summed E-state index contributed by atoms with van der Waals surface area (Å²) in [6.45, 7) is 0.691. The maximum absolute atomic E-state index is 12.7. The van der Waals surface area contributed by atoms with Crippen molar-refractivity contribution in [3.8, 4) is 28.5 Å². The molecule has 1 aromatic heterocycles. The van der Waals surface area contributed by atoms with Crippen molar-refractivity contribution in [2.24, 2.45) is 0 Å². The van der Waals surface area contributed by atoms with Crippen molar-refractivity contribution in [1.29, 1.82) is 5.26 Å². The van der Waals surface area contributed by atoms with Crippen LogP contribution in [0.25, 0.3) is 22.5 Å². The van der Waals surface area contributed by atoms with Crippen LogP contribution in [0.15, 0.2) is 76.7 Å². The quantitative estimate of drug-likeness (QED) is 0.567. The maximum Gasteiger partial charge on any atom is 0.250 e. The minimum absolute atomic E-state index is 0.0885. The molecule has 2 aromatic carbocycles. The number of furan rings is 1. The van der Waals surface area contributed by atoms with Crippen LogP contribution in [-0.4, -0.2) is 38.0 Å². The molecule has 8 heteroatoms. The minimum Gasteiger partial charge on any atom is -0.438 e. The van der Waals surface area contributed by atoms with Crippen molar-refractivity contribution < 1.29 is 17.6 Å². The molecule has 0 radical (unpaired) electrons. The average molecular weight is 462 g/mol. The first-order valence-corrected chi connectivity index (χ1v) is 12.3. The molecule has 1 fully saturated rings. The molecule has 0 spiro atoms. The Morgan fingerprint density at radius 3 is 2.15 bits per heavy atom. The van der Waals surface area contributed by atoms with Crippen LogP contribution in [0.4, 0.5) is 5.88 Å². The summed E-state index contributed by atoms with van der Waals surface area (Å²) in [6, 6.07) is 21.0. The van der Waals surface area contributed by atoms with Crippen molar-refractivity contribution in [2.45, 2.75) is 12.8 Å². The number of rotatable bonds is 5. The lowest BCUT2D eigenvalue weighted by Crippen LogP contribution is -2.35. The van der Waals surface area contributed by atoms with Crippen molar-refractivity contribution in [2.75, 3.05) is 24.7 Å².